The second-order valence-corrected chi connectivity index (χ2v) is 7.81. The van der Waals surface area contributed by atoms with Crippen molar-refractivity contribution in [3.8, 4) is 0 Å². The predicted octanol–water partition coefficient (Wildman–Crippen LogP) is 0.568. The van der Waals surface area contributed by atoms with Crippen LogP contribution < -0.4 is 10.6 Å². The summed E-state index contributed by atoms with van der Waals surface area (Å²) in [5.74, 6) is 0.600. The van der Waals surface area contributed by atoms with Crippen LogP contribution in [-0.4, -0.2) is 52.4 Å². The van der Waals surface area contributed by atoms with Crippen molar-refractivity contribution < 1.29 is 17.6 Å². The van der Waals surface area contributed by atoms with Gasteiger partial charge in [0.2, 0.25) is 5.09 Å². The molecule has 2 heterocycles. The lowest BCUT2D eigenvalue weighted by Gasteiger charge is -2.08. The lowest BCUT2D eigenvalue weighted by molar-refractivity contribution is 0.0950. The first-order valence-electron chi connectivity index (χ1n) is 7.34. The summed E-state index contributed by atoms with van der Waals surface area (Å²) in [7, 11) is -0.829. The topological polar surface area (TPSA) is 91.7 Å². The molecule has 1 fully saturated rings. The highest BCUT2D eigenvalue weighted by molar-refractivity contribution is 7.88. The molecular weight excluding hydrogens is 306 g/mol. The molecule has 1 aliphatic rings. The van der Waals surface area contributed by atoms with Gasteiger partial charge >= 0.3 is 0 Å². The van der Waals surface area contributed by atoms with Crippen LogP contribution in [0.5, 0.6) is 0 Å². The number of aryl methyl sites for hydroxylation is 1. The SMILES string of the molecule is Cc1oc(S(=O)(=O)N(C)C)cc1C(=O)NCCC1CCNC1. The first-order chi connectivity index (χ1) is 10.3. The molecule has 1 atom stereocenters. The normalized spacial score (nSPS) is 18.8. The number of amides is 1. The second kappa shape index (κ2) is 6.80. The fourth-order valence-electron chi connectivity index (χ4n) is 2.43. The number of nitrogens with one attached hydrogen (secondary N) is 2. The molecule has 1 aromatic heterocycles. The predicted molar refractivity (Wildman–Crippen MR) is 82.2 cm³/mol. The highest BCUT2D eigenvalue weighted by Gasteiger charge is 2.25. The number of rotatable bonds is 6. The average Bonchev–Trinajstić information content (AvgIpc) is 3.08. The van der Waals surface area contributed by atoms with Crippen LogP contribution in [0.2, 0.25) is 0 Å². The molecule has 1 aromatic rings. The Morgan fingerprint density at radius 1 is 1.50 bits per heavy atom. The van der Waals surface area contributed by atoms with E-state index in [1.54, 1.807) is 6.92 Å². The van der Waals surface area contributed by atoms with E-state index in [1.807, 2.05) is 0 Å². The fraction of sp³-hybridized carbons (Fsp3) is 0.643. The highest BCUT2D eigenvalue weighted by atomic mass is 32.2. The standard InChI is InChI=1S/C14H23N3O4S/c1-10-12(8-13(21-10)22(19,20)17(2)3)14(18)16-7-5-11-4-6-15-9-11/h8,11,15H,4-7,9H2,1-3H3,(H,16,18). The summed E-state index contributed by atoms with van der Waals surface area (Å²) in [5, 5.41) is 5.90. The quantitative estimate of drug-likeness (QED) is 0.796. The lowest BCUT2D eigenvalue weighted by Crippen LogP contribution is -2.26. The van der Waals surface area contributed by atoms with Crippen molar-refractivity contribution in [2.75, 3.05) is 33.7 Å². The number of carbonyl (C=O) groups is 1. The maximum absolute atomic E-state index is 12.2. The van der Waals surface area contributed by atoms with Crippen molar-refractivity contribution in [3.63, 3.8) is 0 Å². The fourth-order valence-corrected chi connectivity index (χ4v) is 3.29. The molecule has 0 aliphatic carbocycles. The third kappa shape index (κ3) is 3.68. The zero-order chi connectivity index (χ0) is 16.3. The molecule has 0 aromatic carbocycles. The maximum Gasteiger partial charge on any atom is 0.275 e. The van der Waals surface area contributed by atoms with E-state index in [2.05, 4.69) is 10.6 Å². The van der Waals surface area contributed by atoms with Gasteiger partial charge in [0.05, 0.1) is 5.56 Å². The van der Waals surface area contributed by atoms with E-state index in [4.69, 9.17) is 4.42 Å². The summed E-state index contributed by atoms with van der Waals surface area (Å²) >= 11 is 0. The first kappa shape index (κ1) is 17.0. The Morgan fingerprint density at radius 2 is 2.23 bits per heavy atom. The van der Waals surface area contributed by atoms with Crippen LogP contribution in [0.15, 0.2) is 15.6 Å². The Morgan fingerprint density at radius 3 is 2.82 bits per heavy atom. The van der Waals surface area contributed by atoms with E-state index in [-0.39, 0.29) is 16.6 Å². The molecule has 7 nitrogen and oxygen atoms in total. The van der Waals surface area contributed by atoms with Crippen molar-refractivity contribution >= 4 is 15.9 Å². The van der Waals surface area contributed by atoms with E-state index in [1.165, 1.54) is 20.2 Å². The zero-order valence-corrected chi connectivity index (χ0v) is 14.0. The van der Waals surface area contributed by atoms with Crippen molar-refractivity contribution in [1.29, 1.82) is 0 Å². The molecule has 22 heavy (non-hydrogen) atoms. The van der Waals surface area contributed by atoms with Crippen LogP contribution in [0.25, 0.3) is 0 Å². The van der Waals surface area contributed by atoms with Crippen molar-refractivity contribution in [2.45, 2.75) is 24.9 Å². The monoisotopic (exact) mass is 329 g/mol. The van der Waals surface area contributed by atoms with Crippen LogP contribution in [0.3, 0.4) is 0 Å². The van der Waals surface area contributed by atoms with Gasteiger partial charge in [0.15, 0.2) is 0 Å². The zero-order valence-electron chi connectivity index (χ0n) is 13.2. The number of hydrogen-bond acceptors (Lipinski definition) is 5. The first-order valence-corrected chi connectivity index (χ1v) is 8.78. The largest absolute Gasteiger partial charge is 0.448 e. The van der Waals surface area contributed by atoms with Crippen LogP contribution in [0, 0.1) is 12.8 Å². The number of furan rings is 1. The lowest BCUT2D eigenvalue weighted by atomic mass is 10.1. The van der Waals surface area contributed by atoms with E-state index in [9.17, 15) is 13.2 Å². The molecule has 2 rings (SSSR count). The molecule has 1 aliphatic heterocycles. The summed E-state index contributed by atoms with van der Waals surface area (Å²) in [4.78, 5) is 12.2. The third-order valence-corrected chi connectivity index (χ3v) is 5.55. The summed E-state index contributed by atoms with van der Waals surface area (Å²) in [6.45, 7) is 4.19. The molecule has 124 valence electrons. The Bertz CT molecular complexity index is 631. The van der Waals surface area contributed by atoms with Gasteiger partial charge in [-0.2, -0.15) is 0 Å². The summed E-state index contributed by atoms with van der Waals surface area (Å²) in [6, 6.07) is 1.29. The number of nitrogens with zero attached hydrogens (tertiary/aromatic N) is 1. The molecule has 1 unspecified atom stereocenters. The van der Waals surface area contributed by atoms with E-state index >= 15 is 0 Å². The van der Waals surface area contributed by atoms with E-state index in [0.29, 0.717) is 18.2 Å². The Balaban J connectivity index is 1.99. The minimum atomic E-state index is -3.67. The summed E-state index contributed by atoms with van der Waals surface area (Å²) in [5.41, 5.74) is 0.268. The second-order valence-electron chi connectivity index (χ2n) is 5.73. The molecule has 0 saturated carbocycles. The van der Waals surface area contributed by atoms with Gasteiger partial charge in [0, 0.05) is 26.7 Å². The van der Waals surface area contributed by atoms with Crippen LogP contribution in [0.4, 0.5) is 0 Å². The van der Waals surface area contributed by atoms with Crippen molar-refractivity contribution in [1.82, 2.24) is 14.9 Å². The van der Waals surface area contributed by atoms with Gasteiger partial charge in [-0.3, -0.25) is 4.79 Å². The molecule has 1 saturated heterocycles. The maximum atomic E-state index is 12.2. The van der Waals surface area contributed by atoms with Gasteiger partial charge in [-0.15, -0.1) is 0 Å². The number of sulfonamides is 1. The van der Waals surface area contributed by atoms with Crippen LogP contribution >= 0.6 is 0 Å². The molecule has 1 amide bonds. The smallest absolute Gasteiger partial charge is 0.275 e. The van der Waals surface area contributed by atoms with Gasteiger partial charge in [0.25, 0.3) is 15.9 Å². The highest BCUT2D eigenvalue weighted by Crippen LogP contribution is 2.21. The van der Waals surface area contributed by atoms with Gasteiger partial charge in [-0.25, -0.2) is 12.7 Å². The van der Waals surface area contributed by atoms with E-state index in [0.717, 1.165) is 30.2 Å². The van der Waals surface area contributed by atoms with Crippen LogP contribution in [0.1, 0.15) is 29.0 Å². The summed E-state index contributed by atoms with van der Waals surface area (Å²) in [6.07, 6.45) is 2.05. The Labute approximate surface area is 131 Å². The summed E-state index contributed by atoms with van der Waals surface area (Å²) < 4.78 is 30.3. The molecule has 0 radical (unpaired) electrons. The Kier molecular flexibility index (Phi) is 5.25. The average molecular weight is 329 g/mol. The molecular formula is C14H23N3O4S. The van der Waals surface area contributed by atoms with Crippen molar-refractivity contribution in [2.24, 2.45) is 5.92 Å². The minimum Gasteiger partial charge on any atom is -0.448 e. The van der Waals surface area contributed by atoms with Gasteiger partial charge < -0.3 is 15.1 Å². The molecule has 0 spiro atoms. The number of carbonyl (C=O) groups excluding carboxylic acids is 1. The third-order valence-electron chi connectivity index (χ3n) is 3.88. The minimum absolute atomic E-state index is 0.208. The van der Waals surface area contributed by atoms with Crippen LogP contribution in [-0.2, 0) is 10.0 Å². The van der Waals surface area contributed by atoms with Gasteiger partial charge in [-0.1, -0.05) is 0 Å². The van der Waals surface area contributed by atoms with Gasteiger partial charge in [-0.05, 0) is 38.8 Å². The molecule has 2 N–H and O–H groups in total. The molecule has 0 bridgehead atoms. The van der Waals surface area contributed by atoms with Crippen molar-refractivity contribution in [3.05, 3.63) is 17.4 Å². The number of hydrogen-bond donors (Lipinski definition) is 2. The van der Waals surface area contributed by atoms with E-state index < -0.39 is 10.0 Å². The van der Waals surface area contributed by atoms with Gasteiger partial charge in [0.1, 0.15) is 5.76 Å². The Hall–Kier alpha value is -1.38. The molecule has 8 heteroatoms.